The van der Waals surface area contributed by atoms with Gasteiger partial charge in [-0.15, -0.1) is 0 Å². The van der Waals surface area contributed by atoms with Gasteiger partial charge in [0, 0.05) is 19.1 Å². The SMILES string of the molecule is CCOC(=O)c1[nH]c(=O)[nH]c1CN(Cc1ccsc1)C(C)CC. The van der Waals surface area contributed by atoms with Crippen molar-refractivity contribution in [2.24, 2.45) is 0 Å². The number of H-pyrrole nitrogens is 2. The lowest BCUT2D eigenvalue weighted by Crippen LogP contribution is -2.32. The Balaban J connectivity index is 2.22. The Morgan fingerprint density at radius 1 is 1.35 bits per heavy atom. The van der Waals surface area contributed by atoms with E-state index in [1.54, 1.807) is 18.3 Å². The molecule has 2 heterocycles. The largest absolute Gasteiger partial charge is 0.461 e. The highest BCUT2D eigenvalue weighted by Gasteiger charge is 2.21. The second-order valence-corrected chi connectivity index (χ2v) is 6.23. The standard InChI is InChI=1S/C16H23N3O3S/c1-4-11(3)19(8-12-6-7-23-10-12)9-13-14(15(20)22-5-2)18-16(21)17-13/h6-7,10-11H,4-5,8-9H2,1-3H3,(H2,17,18,21). The number of rotatable bonds is 8. The number of hydrogen-bond acceptors (Lipinski definition) is 5. The van der Waals surface area contributed by atoms with Crippen LogP contribution in [0.15, 0.2) is 21.6 Å². The highest BCUT2D eigenvalue weighted by atomic mass is 32.1. The molecular weight excluding hydrogens is 314 g/mol. The third kappa shape index (κ3) is 4.56. The van der Waals surface area contributed by atoms with Crippen molar-refractivity contribution in [3.8, 4) is 0 Å². The molecule has 0 saturated heterocycles. The zero-order chi connectivity index (χ0) is 16.8. The highest BCUT2D eigenvalue weighted by molar-refractivity contribution is 7.07. The van der Waals surface area contributed by atoms with E-state index < -0.39 is 5.97 Å². The smallest absolute Gasteiger partial charge is 0.356 e. The summed E-state index contributed by atoms with van der Waals surface area (Å²) in [7, 11) is 0. The fraction of sp³-hybridized carbons (Fsp3) is 0.500. The first-order chi connectivity index (χ1) is 11.0. The summed E-state index contributed by atoms with van der Waals surface area (Å²) in [5.41, 5.74) is 1.63. The number of esters is 1. The van der Waals surface area contributed by atoms with E-state index in [1.165, 1.54) is 5.56 Å². The van der Waals surface area contributed by atoms with E-state index in [2.05, 4.69) is 40.2 Å². The van der Waals surface area contributed by atoms with Crippen LogP contribution in [0.3, 0.4) is 0 Å². The van der Waals surface area contributed by atoms with Crippen LogP contribution in [-0.2, 0) is 17.8 Å². The molecule has 0 saturated carbocycles. The lowest BCUT2D eigenvalue weighted by molar-refractivity contribution is 0.0516. The summed E-state index contributed by atoms with van der Waals surface area (Å²) in [6.45, 7) is 7.53. The van der Waals surface area contributed by atoms with Crippen LogP contribution in [0.1, 0.15) is 48.9 Å². The summed E-state index contributed by atoms with van der Waals surface area (Å²) in [5.74, 6) is -0.500. The number of aromatic amines is 2. The van der Waals surface area contributed by atoms with Crippen LogP contribution in [0.25, 0.3) is 0 Å². The van der Waals surface area contributed by atoms with Crippen LogP contribution < -0.4 is 5.69 Å². The summed E-state index contributed by atoms with van der Waals surface area (Å²) >= 11 is 1.66. The molecule has 1 unspecified atom stereocenters. The molecule has 7 heteroatoms. The molecule has 126 valence electrons. The Morgan fingerprint density at radius 2 is 2.13 bits per heavy atom. The third-order valence-corrected chi connectivity index (χ3v) is 4.56. The van der Waals surface area contributed by atoms with Crippen LogP contribution in [0, 0.1) is 0 Å². The number of nitrogens with zero attached hydrogens (tertiary/aromatic N) is 1. The summed E-state index contributed by atoms with van der Waals surface area (Å²) in [5, 5.41) is 4.16. The van der Waals surface area contributed by atoms with Gasteiger partial charge in [-0.2, -0.15) is 11.3 Å². The first-order valence-corrected chi connectivity index (χ1v) is 8.72. The molecule has 2 N–H and O–H groups in total. The van der Waals surface area contributed by atoms with Crippen LogP contribution >= 0.6 is 11.3 Å². The van der Waals surface area contributed by atoms with Gasteiger partial charge in [0.2, 0.25) is 0 Å². The molecule has 0 spiro atoms. The van der Waals surface area contributed by atoms with E-state index in [0.29, 0.717) is 18.3 Å². The number of thiophene rings is 1. The van der Waals surface area contributed by atoms with Crippen molar-refractivity contribution in [3.63, 3.8) is 0 Å². The number of aromatic nitrogens is 2. The van der Waals surface area contributed by atoms with Crippen molar-refractivity contribution in [1.82, 2.24) is 14.9 Å². The molecule has 23 heavy (non-hydrogen) atoms. The van der Waals surface area contributed by atoms with Gasteiger partial charge >= 0.3 is 11.7 Å². The topological polar surface area (TPSA) is 78.2 Å². The van der Waals surface area contributed by atoms with Gasteiger partial charge in [0.25, 0.3) is 0 Å². The number of carbonyl (C=O) groups is 1. The van der Waals surface area contributed by atoms with E-state index in [-0.39, 0.29) is 18.0 Å². The molecule has 0 aliphatic heterocycles. The third-order valence-electron chi connectivity index (χ3n) is 3.83. The number of ether oxygens (including phenoxy) is 1. The average Bonchev–Trinajstić information content (AvgIpc) is 3.15. The maximum absolute atomic E-state index is 12.0. The first-order valence-electron chi connectivity index (χ1n) is 7.78. The van der Waals surface area contributed by atoms with Crippen molar-refractivity contribution in [2.75, 3.05) is 6.61 Å². The molecule has 0 aliphatic carbocycles. The Bertz CT molecular complexity index is 675. The van der Waals surface area contributed by atoms with Gasteiger partial charge in [-0.1, -0.05) is 6.92 Å². The Hall–Kier alpha value is -1.86. The lowest BCUT2D eigenvalue weighted by atomic mass is 10.1. The Labute approximate surface area is 139 Å². The summed E-state index contributed by atoms with van der Waals surface area (Å²) < 4.78 is 5.01. The summed E-state index contributed by atoms with van der Waals surface area (Å²) in [6.07, 6.45) is 0.980. The molecular formula is C16H23N3O3S. The van der Waals surface area contributed by atoms with Crippen molar-refractivity contribution < 1.29 is 9.53 Å². The lowest BCUT2D eigenvalue weighted by Gasteiger charge is -2.27. The number of hydrogen-bond donors (Lipinski definition) is 2. The monoisotopic (exact) mass is 337 g/mol. The van der Waals surface area contributed by atoms with Crippen LogP contribution in [-0.4, -0.2) is 33.5 Å². The van der Waals surface area contributed by atoms with Gasteiger partial charge in [-0.25, -0.2) is 9.59 Å². The average molecular weight is 337 g/mol. The summed E-state index contributed by atoms with van der Waals surface area (Å²) in [6, 6.07) is 2.41. The van der Waals surface area contributed by atoms with Gasteiger partial charge in [-0.3, -0.25) is 9.88 Å². The molecule has 0 aliphatic rings. The van der Waals surface area contributed by atoms with E-state index in [9.17, 15) is 9.59 Å². The molecule has 0 radical (unpaired) electrons. The van der Waals surface area contributed by atoms with Gasteiger partial charge < -0.3 is 9.72 Å². The minimum Gasteiger partial charge on any atom is -0.461 e. The van der Waals surface area contributed by atoms with Crippen LogP contribution in [0.4, 0.5) is 0 Å². The van der Waals surface area contributed by atoms with E-state index in [0.717, 1.165) is 13.0 Å². The molecule has 0 aromatic carbocycles. The maximum Gasteiger partial charge on any atom is 0.356 e. The minimum absolute atomic E-state index is 0.218. The predicted molar refractivity (Wildman–Crippen MR) is 90.7 cm³/mol. The van der Waals surface area contributed by atoms with Crippen molar-refractivity contribution >= 4 is 17.3 Å². The second-order valence-electron chi connectivity index (χ2n) is 5.45. The summed E-state index contributed by atoms with van der Waals surface area (Å²) in [4.78, 5) is 31.1. The number of nitrogens with one attached hydrogen (secondary N) is 2. The fourth-order valence-corrected chi connectivity index (χ4v) is 3.02. The molecule has 0 fully saturated rings. The van der Waals surface area contributed by atoms with Gasteiger partial charge in [0.05, 0.1) is 12.3 Å². The molecule has 2 aromatic heterocycles. The molecule has 2 aromatic rings. The quantitative estimate of drug-likeness (QED) is 0.726. The van der Waals surface area contributed by atoms with Crippen molar-refractivity contribution in [1.29, 1.82) is 0 Å². The molecule has 0 bridgehead atoms. The van der Waals surface area contributed by atoms with Crippen molar-refractivity contribution in [2.45, 2.75) is 46.3 Å². The van der Waals surface area contributed by atoms with E-state index in [1.807, 2.05) is 5.38 Å². The van der Waals surface area contributed by atoms with Crippen LogP contribution in [0.5, 0.6) is 0 Å². The fourth-order valence-electron chi connectivity index (χ4n) is 2.36. The Morgan fingerprint density at radius 3 is 2.74 bits per heavy atom. The molecule has 1 atom stereocenters. The Kier molecular flexibility index (Phi) is 6.18. The zero-order valence-corrected chi connectivity index (χ0v) is 14.5. The van der Waals surface area contributed by atoms with Gasteiger partial charge in [0.15, 0.2) is 0 Å². The normalized spacial score (nSPS) is 12.5. The first kappa shape index (κ1) is 17.5. The molecule has 0 amide bonds. The second kappa shape index (κ2) is 8.12. The highest BCUT2D eigenvalue weighted by Crippen LogP contribution is 2.17. The van der Waals surface area contributed by atoms with Crippen LogP contribution in [0.2, 0.25) is 0 Å². The van der Waals surface area contributed by atoms with Gasteiger partial charge in [-0.05, 0) is 42.7 Å². The van der Waals surface area contributed by atoms with E-state index in [4.69, 9.17) is 4.74 Å². The van der Waals surface area contributed by atoms with E-state index >= 15 is 0 Å². The number of imidazole rings is 1. The zero-order valence-electron chi connectivity index (χ0n) is 13.7. The molecule has 6 nitrogen and oxygen atoms in total. The predicted octanol–water partition coefficient (Wildman–Crippen LogP) is 2.74. The minimum atomic E-state index is -0.500. The number of carbonyl (C=O) groups excluding carboxylic acids is 1. The maximum atomic E-state index is 12.0. The van der Waals surface area contributed by atoms with Crippen molar-refractivity contribution in [3.05, 3.63) is 44.3 Å². The van der Waals surface area contributed by atoms with Gasteiger partial charge in [0.1, 0.15) is 5.69 Å². The molecule has 2 rings (SSSR count).